The predicted octanol–water partition coefficient (Wildman–Crippen LogP) is 2.01. The van der Waals surface area contributed by atoms with Crippen molar-refractivity contribution < 1.29 is 5.11 Å². The molecule has 1 aliphatic carbocycles. The number of likely N-dealkylation sites (tertiary alicyclic amines) is 1. The highest BCUT2D eigenvalue weighted by atomic mass is 79.9. The van der Waals surface area contributed by atoms with Gasteiger partial charge in [-0.25, -0.2) is 0 Å². The van der Waals surface area contributed by atoms with Crippen molar-refractivity contribution in [2.75, 3.05) is 25.0 Å². The molecule has 1 heterocycles. The van der Waals surface area contributed by atoms with Crippen LogP contribution in [0.4, 0.5) is 0 Å². The number of hydrogen-bond donors (Lipinski definition) is 1. The maximum absolute atomic E-state index is 9.48. The molecule has 2 rings (SSSR count). The fraction of sp³-hybridized carbons (Fsp3) is 1.00. The van der Waals surface area contributed by atoms with Gasteiger partial charge in [-0.15, -0.1) is 0 Å². The minimum atomic E-state index is -0.0659. The Bertz CT molecular complexity index is 192. The molecular weight excluding hydrogens is 242 g/mol. The van der Waals surface area contributed by atoms with E-state index in [1.807, 2.05) is 0 Å². The third-order valence-electron chi connectivity index (χ3n) is 3.75. The largest absolute Gasteiger partial charge is 0.392 e. The zero-order valence-electron chi connectivity index (χ0n) is 8.71. The molecule has 14 heavy (non-hydrogen) atoms. The molecule has 3 heteroatoms. The third kappa shape index (κ3) is 2.31. The van der Waals surface area contributed by atoms with Crippen LogP contribution in [0.1, 0.15) is 32.1 Å². The van der Waals surface area contributed by atoms with Crippen LogP contribution in [-0.2, 0) is 0 Å². The first-order chi connectivity index (χ1) is 6.74. The van der Waals surface area contributed by atoms with Crippen molar-refractivity contribution in [3.8, 4) is 0 Å². The Labute approximate surface area is 94.8 Å². The Kier molecular flexibility index (Phi) is 3.50. The van der Waals surface area contributed by atoms with E-state index >= 15 is 0 Å². The molecule has 82 valence electrons. The second-order valence-corrected chi connectivity index (χ2v) is 5.58. The summed E-state index contributed by atoms with van der Waals surface area (Å²) in [6.07, 6.45) is 6.42. The van der Waals surface area contributed by atoms with E-state index in [0.717, 1.165) is 24.8 Å². The molecule has 0 aromatic rings. The molecule has 0 aromatic heterocycles. The smallest absolute Gasteiger partial charge is 0.0679 e. The summed E-state index contributed by atoms with van der Waals surface area (Å²) in [6.45, 7) is 3.18. The molecule has 0 aromatic carbocycles. The first kappa shape index (κ1) is 10.9. The van der Waals surface area contributed by atoms with E-state index in [0.29, 0.717) is 5.41 Å². The lowest BCUT2D eigenvalue weighted by Crippen LogP contribution is -2.36. The SMILES string of the molecule is OC1CCN(CC2(CBr)CCCC2)C1. The molecule has 0 amide bonds. The first-order valence-electron chi connectivity index (χ1n) is 5.70. The lowest BCUT2D eigenvalue weighted by Gasteiger charge is -2.31. The fourth-order valence-corrected chi connectivity index (χ4v) is 3.63. The summed E-state index contributed by atoms with van der Waals surface area (Å²) in [6, 6.07) is 0. The maximum Gasteiger partial charge on any atom is 0.0679 e. The van der Waals surface area contributed by atoms with Gasteiger partial charge in [-0.2, -0.15) is 0 Å². The number of alkyl halides is 1. The topological polar surface area (TPSA) is 23.5 Å². The molecule has 1 atom stereocenters. The quantitative estimate of drug-likeness (QED) is 0.786. The predicted molar refractivity (Wildman–Crippen MR) is 61.8 cm³/mol. The summed E-state index contributed by atoms with van der Waals surface area (Å²) in [5.41, 5.74) is 0.518. The maximum atomic E-state index is 9.48. The van der Waals surface area contributed by atoms with Crippen LogP contribution in [0.3, 0.4) is 0 Å². The molecule has 2 aliphatic rings. The van der Waals surface area contributed by atoms with E-state index in [-0.39, 0.29) is 6.10 Å². The zero-order chi connectivity index (χ0) is 10.0. The summed E-state index contributed by atoms with van der Waals surface area (Å²) in [7, 11) is 0. The van der Waals surface area contributed by atoms with Gasteiger partial charge >= 0.3 is 0 Å². The van der Waals surface area contributed by atoms with Gasteiger partial charge in [0.2, 0.25) is 0 Å². The number of aliphatic hydroxyl groups excluding tert-OH is 1. The standard InChI is InChI=1S/C11H20BrNO/c12-8-11(4-1-2-5-11)9-13-6-3-10(14)7-13/h10,14H,1-9H2. The molecule has 0 spiro atoms. The number of β-amino-alcohol motifs (C(OH)–C–C–N with tert-alkyl or cyclic N) is 1. The van der Waals surface area contributed by atoms with Crippen molar-refractivity contribution in [2.24, 2.45) is 5.41 Å². The fourth-order valence-electron chi connectivity index (χ4n) is 2.89. The first-order valence-corrected chi connectivity index (χ1v) is 6.83. The van der Waals surface area contributed by atoms with Gasteiger partial charge in [0.25, 0.3) is 0 Å². The number of halogens is 1. The highest BCUT2D eigenvalue weighted by Crippen LogP contribution is 2.40. The monoisotopic (exact) mass is 261 g/mol. The lowest BCUT2D eigenvalue weighted by atomic mass is 9.88. The van der Waals surface area contributed by atoms with Crippen LogP contribution in [0.2, 0.25) is 0 Å². The molecule has 2 fully saturated rings. The summed E-state index contributed by atoms with van der Waals surface area (Å²) < 4.78 is 0. The van der Waals surface area contributed by atoms with E-state index in [2.05, 4.69) is 20.8 Å². The average molecular weight is 262 g/mol. The Morgan fingerprint density at radius 3 is 2.57 bits per heavy atom. The normalized spacial score (nSPS) is 32.6. The van der Waals surface area contributed by atoms with Gasteiger partial charge in [-0.1, -0.05) is 28.8 Å². The van der Waals surface area contributed by atoms with Gasteiger partial charge in [0.1, 0.15) is 0 Å². The third-order valence-corrected chi connectivity index (χ3v) is 4.94. The average Bonchev–Trinajstić information content (AvgIpc) is 2.77. The summed E-state index contributed by atoms with van der Waals surface area (Å²) in [4.78, 5) is 2.44. The lowest BCUT2D eigenvalue weighted by molar-refractivity contribution is 0.152. The molecule has 1 saturated heterocycles. The second-order valence-electron chi connectivity index (χ2n) is 5.02. The Morgan fingerprint density at radius 1 is 1.36 bits per heavy atom. The molecule has 0 radical (unpaired) electrons. The number of nitrogens with zero attached hydrogens (tertiary/aromatic N) is 1. The molecular formula is C11H20BrNO. The minimum absolute atomic E-state index is 0.0659. The summed E-state index contributed by atoms with van der Waals surface area (Å²) in [5, 5.41) is 10.6. The Morgan fingerprint density at radius 2 is 2.07 bits per heavy atom. The van der Waals surface area contributed by atoms with Crippen LogP contribution in [0.5, 0.6) is 0 Å². The van der Waals surface area contributed by atoms with Gasteiger partial charge in [0.15, 0.2) is 0 Å². The van der Waals surface area contributed by atoms with Crippen LogP contribution in [0.25, 0.3) is 0 Å². The van der Waals surface area contributed by atoms with E-state index in [4.69, 9.17) is 0 Å². The minimum Gasteiger partial charge on any atom is -0.392 e. The molecule has 2 nitrogen and oxygen atoms in total. The van der Waals surface area contributed by atoms with Crippen LogP contribution in [0.15, 0.2) is 0 Å². The van der Waals surface area contributed by atoms with Crippen molar-refractivity contribution in [3.05, 3.63) is 0 Å². The highest BCUT2D eigenvalue weighted by Gasteiger charge is 2.36. The van der Waals surface area contributed by atoms with Crippen LogP contribution in [-0.4, -0.2) is 41.1 Å². The van der Waals surface area contributed by atoms with Gasteiger partial charge in [0, 0.05) is 25.0 Å². The van der Waals surface area contributed by atoms with Gasteiger partial charge in [-0.05, 0) is 24.7 Å². The molecule has 1 N–H and O–H groups in total. The van der Waals surface area contributed by atoms with Crippen LogP contribution >= 0.6 is 15.9 Å². The Balaban J connectivity index is 1.88. The summed E-state index contributed by atoms with van der Waals surface area (Å²) >= 11 is 3.67. The van der Waals surface area contributed by atoms with E-state index in [9.17, 15) is 5.11 Å². The molecule has 1 unspecified atom stereocenters. The van der Waals surface area contributed by atoms with Crippen LogP contribution < -0.4 is 0 Å². The van der Waals surface area contributed by atoms with E-state index in [1.54, 1.807) is 0 Å². The second kappa shape index (κ2) is 4.50. The van der Waals surface area contributed by atoms with Gasteiger partial charge < -0.3 is 10.0 Å². The number of hydrogen-bond acceptors (Lipinski definition) is 2. The zero-order valence-corrected chi connectivity index (χ0v) is 10.3. The van der Waals surface area contributed by atoms with Crippen molar-refractivity contribution in [2.45, 2.75) is 38.2 Å². The molecule has 0 bridgehead atoms. The van der Waals surface area contributed by atoms with Gasteiger partial charge in [0.05, 0.1) is 6.10 Å². The summed E-state index contributed by atoms with van der Waals surface area (Å²) in [5.74, 6) is 0. The van der Waals surface area contributed by atoms with E-state index < -0.39 is 0 Å². The van der Waals surface area contributed by atoms with Crippen LogP contribution in [0, 0.1) is 5.41 Å². The van der Waals surface area contributed by atoms with Crippen molar-refractivity contribution in [1.29, 1.82) is 0 Å². The number of rotatable bonds is 3. The Hall–Kier alpha value is 0.400. The van der Waals surface area contributed by atoms with E-state index in [1.165, 1.54) is 32.2 Å². The highest BCUT2D eigenvalue weighted by molar-refractivity contribution is 9.09. The van der Waals surface area contributed by atoms with Crippen molar-refractivity contribution >= 4 is 15.9 Å². The van der Waals surface area contributed by atoms with Crippen molar-refractivity contribution in [3.63, 3.8) is 0 Å². The van der Waals surface area contributed by atoms with Crippen molar-refractivity contribution in [1.82, 2.24) is 4.90 Å². The molecule has 1 aliphatic heterocycles. The van der Waals surface area contributed by atoms with Gasteiger partial charge in [-0.3, -0.25) is 0 Å². The number of aliphatic hydroxyl groups is 1. The molecule has 1 saturated carbocycles.